The molecule has 0 atom stereocenters. The van der Waals surface area contributed by atoms with E-state index in [9.17, 15) is 0 Å². The number of thiocarbonyl (C=S) groups is 1. The third-order valence-electron chi connectivity index (χ3n) is 3.25. The van der Waals surface area contributed by atoms with E-state index in [0.29, 0.717) is 16.6 Å². The number of aryl methyl sites for hydroxylation is 1. The largest absolute Gasteiger partial charge is 0.389 e. The maximum atomic E-state index is 6.37. The first kappa shape index (κ1) is 15.7. The molecule has 0 bridgehead atoms. The summed E-state index contributed by atoms with van der Waals surface area (Å²) in [5, 5.41) is 0.648. The molecule has 0 saturated carbocycles. The highest BCUT2D eigenvalue weighted by molar-refractivity contribution is 7.80. The van der Waals surface area contributed by atoms with Crippen molar-refractivity contribution >= 4 is 34.5 Å². The van der Waals surface area contributed by atoms with Crippen molar-refractivity contribution in [3.8, 4) is 0 Å². The molecule has 1 aromatic heterocycles. The minimum absolute atomic E-state index is 0.354. The Bertz CT molecular complexity index is 658. The van der Waals surface area contributed by atoms with Gasteiger partial charge in [-0.1, -0.05) is 29.9 Å². The van der Waals surface area contributed by atoms with Crippen LogP contribution in [0.4, 0.5) is 5.69 Å². The van der Waals surface area contributed by atoms with E-state index in [1.54, 1.807) is 0 Å². The van der Waals surface area contributed by atoms with Crippen LogP contribution in [0.25, 0.3) is 0 Å². The van der Waals surface area contributed by atoms with Gasteiger partial charge in [-0.2, -0.15) is 0 Å². The first-order valence-electron chi connectivity index (χ1n) is 6.78. The van der Waals surface area contributed by atoms with Crippen LogP contribution >= 0.6 is 23.8 Å². The number of nitrogens with two attached hydrogens (primary N) is 1. The lowest BCUT2D eigenvalue weighted by molar-refractivity contribution is 0.806. The molecule has 2 rings (SSSR count). The molecule has 0 saturated heterocycles. The van der Waals surface area contributed by atoms with Gasteiger partial charge in [0.1, 0.15) is 4.99 Å². The van der Waals surface area contributed by atoms with Crippen LogP contribution in [-0.4, -0.2) is 16.5 Å². The predicted octanol–water partition coefficient (Wildman–Crippen LogP) is 3.70. The van der Waals surface area contributed by atoms with Crippen molar-refractivity contribution in [3.63, 3.8) is 0 Å². The van der Waals surface area contributed by atoms with Crippen LogP contribution in [0.1, 0.15) is 23.9 Å². The average molecular weight is 320 g/mol. The van der Waals surface area contributed by atoms with E-state index in [0.717, 1.165) is 29.2 Å². The van der Waals surface area contributed by atoms with Crippen LogP contribution in [0.15, 0.2) is 36.4 Å². The molecule has 0 spiro atoms. The Balaban J connectivity index is 2.27. The Morgan fingerprint density at radius 3 is 2.67 bits per heavy atom. The summed E-state index contributed by atoms with van der Waals surface area (Å²) in [6, 6.07) is 11.7. The summed E-state index contributed by atoms with van der Waals surface area (Å²) in [6.07, 6.45) is 0. The van der Waals surface area contributed by atoms with E-state index in [-0.39, 0.29) is 0 Å². The lowest BCUT2D eigenvalue weighted by Crippen LogP contribution is -2.23. The molecule has 0 unspecified atom stereocenters. The van der Waals surface area contributed by atoms with Gasteiger partial charge in [-0.15, -0.1) is 0 Å². The van der Waals surface area contributed by atoms with Crippen LogP contribution in [0.5, 0.6) is 0 Å². The lowest BCUT2D eigenvalue weighted by Gasteiger charge is -2.24. The standard InChI is InChI=1S/C16H18ClN3S/c1-3-20(10-13-6-4-5-11(2)19-13)15-8-7-12(16(18)21)9-14(15)17/h4-9H,3,10H2,1-2H3,(H2,18,21). The van der Waals surface area contributed by atoms with Crippen molar-refractivity contribution in [1.29, 1.82) is 0 Å². The number of halogens is 1. The maximum absolute atomic E-state index is 6.37. The molecule has 1 aromatic carbocycles. The Hall–Kier alpha value is -1.65. The van der Waals surface area contributed by atoms with Gasteiger partial charge in [0.25, 0.3) is 0 Å². The van der Waals surface area contributed by atoms with Gasteiger partial charge in [0.15, 0.2) is 0 Å². The minimum atomic E-state index is 0.354. The smallest absolute Gasteiger partial charge is 0.104 e. The SMILES string of the molecule is CCN(Cc1cccc(C)n1)c1ccc(C(N)=S)cc1Cl. The van der Waals surface area contributed by atoms with Gasteiger partial charge >= 0.3 is 0 Å². The Labute approximate surface area is 135 Å². The molecule has 0 radical (unpaired) electrons. The fourth-order valence-corrected chi connectivity index (χ4v) is 2.59. The summed E-state index contributed by atoms with van der Waals surface area (Å²) >= 11 is 11.3. The third-order valence-corrected chi connectivity index (χ3v) is 3.79. The molecule has 0 amide bonds. The van der Waals surface area contributed by atoms with E-state index in [1.165, 1.54) is 0 Å². The molecular formula is C16H18ClN3S. The lowest BCUT2D eigenvalue weighted by atomic mass is 10.2. The number of pyridine rings is 1. The molecule has 2 aromatic rings. The molecular weight excluding hydrogens is 302 g/mol. The van der Waals surface area contributed by atoms with Crippen molar-refractivity contribution in [1.82, 2.24) is 4.98 Å². The number of rotatable bonds is 5. The number of anilines is 1. The molecule has 3 nitrogen and oxygen atoms in total. The van der Waals surface area contributed by atoms with E-state index in [2.05, 4.69) is 16.8 Å². The fraction of sp³-hybridized carbons (Fsp3) is 0.250. The highest BCUT2D eigenvalue weighted by atomic mass is 35.5. The molecule has 1 heterocycles. The number of nitrogens with zero attached hydrogens (tertiary/aromatic N) is 2. The molecule has 21 heavy (non-hydrogen) atoms. The number of hydrogen-bond acceptors (Lipinski definition) is 3. The number of benzene rings is 1. The van der Waals surface area contributed by atoms with Gasteiger partial charge in [-0.05, 0) is 44.2 Å². The second-order valence-electron chi connectivity index (χ2n) is 4.81. The first-order chi connectivity index (χ1) is 10.0. The molecule has 0 aliphatic heterocycles. The zero-order valence-electron chi connectivity index (χ0n) is 12.1. The van der Waals surface area contributed by atoms with Crippen LogP contribution in [0.3, 0.4) is 0 Å². The highest BCUT2D eigenvalue weighted by Crippen LogP contribution is 2.28. The maximum Gasteiger partial charge on any atom is 0.104 e. The molecule has 110 valence electrons. The summed E-state index contributed by atoms with van der Waals surface area (Å²) in [5.41, 5.74) is 9.40. The molecule has 0 fully saturated rings. The molecule has 0 aliphatic rings. The van der Waals surface area contributed by atoms with Crippen LogP contribution in [0, 0.1) is 6.92 Å². The van der Waals surface area contributed by atoms with E-state index in [4.69, 9.17) is 29.6 Å². The van der Waals surface area contributed by atoms with Gasteiger partial charge in [-0.25, -0.2) is 0 Å². The predicted molar refractivity (Wildman–Crippen MR) is 93.0 cm³/mol. The van der Waals surface area contributed by atoms with E-state index < -0.39 is 0 Å². The van der Waals surface area contributed by atoms with Crippen molar-refractivity contribution in [2.75, 3.05) is 11.4 Å². The Morgan fingerprint density at radius 1 is 1.33 bits per heavy atom. The van der Waals surface area contributed by atoms with Crippen molar-refractivity contribution in [3.05, 3.63) is 58.4 Å². The van der Waals surface area contributed by atoms with E-state index >= 15 is 0 Å². The third kappa shape index (κ3) is 3.93. The van der Waals surface area contributed by atoms with Crippen LogP contribution < -0.4 is 10.6 Å². The summed E-state index contributed by atoms with van der Waals surface area (Å²) in [5.74, 6) is 0. The average Bonchev–Trinajstić information content (AvgIpc) is 2.45. The van der Waals surface area contributed by atoms with Gasteiger partial charge in [-0.3, -0.25) is 4.98 Å². The summed E-state index contributed by atoms with van der Waals surface area (Å²) in [7, 11) is 0. The topological polar surface area (TPSA) is 42.2 Å². The second kappa shape index (κ2) is 6.87. The summed E-state index contributed by atoms with van der Waals surface area (Å²) in [4.78, 5) is 7.06. The highest BCUT2D eigenvalue weighted by Gasteiger charge is 2.11. The Kier molecular flexibility index (Phi) is 5.15. The Morgan fingerprint density at radius 2 is 2.10 bits per heavy atom. The second-order valence-corrected chi connectivity index (χ2v) is 5.66. The minimum Gasteiger partial charge on any atom is -0.389 e. The van der Waals surface area contributed by atoms with Gasteiger partial charge in [0, 0.05) is 17.8 Å². The van der Waals surface area contributed by atoms with Crippen LogP contribution in [0.2, 0.25) is 5.02 Å². The van der Waals surface area contributed by atoms with E-state index in [1.807, 2.05) is 43.3 Å². The number of aromatic nitrogens is 1. The summed E-state index contributed by atoms with van der Waals surface area (Å²) in [6.45, 7) is 5.63. The van der Waals surface area contributed by atoms with Crippen molar-refractivity contribution in [2.24, 2.45) is 5.73 Å². The molecule has 2 N–H and O–H groups in total. The quantitative estimate of drug-likeness (QED) is 0.853. The van der Waals surface area contributed by atoms with Gasteiger partial charge < -0.3 is 10.6 Å². The molecule has 5 heteroatoms. The summed E-state index contributed by atoms with van der Waals surface area (Å²) < 4.78 is 0. The van der Waals surface area contributed by atoms with Gasteiger partial charge in [0.2, 0.25) is 0 Å². The zero-order valence-corrected chi connectivity index (χ0v) is 13.7. The van der Waals surface area contributed by atoms with Gasteiger partial charge in [0.05, 0.1) is 22.9 Å². The normalized spacial score (nSPS) is 10.4. The van der Waals surface area contributed by atoms with Crippen molar-refractivity contribution < 1.29 is 0 Å². The first-order valence-corrected chi connectivity index (χ1v) is 7.56. The fourth-order valence-electron chi connectivity index (χ4n) is 2.17. The van der Waals surface area contributed by atoms with Crippen LogP contribution in [-0.2, 0) is 6.54 Å². The molecule has 0 aliphatic carbocycles. The monoisotopic (exact) mass is 319 g/mol. The number of hydrogen-bond donors (Lipinski definition) is 1. The zero-order chi connectivity index (χ0) is 15.4. The van der Waals surface area contributed by atoms with Crippen molar-refractivity contribution in [2.45, 2.75) is 20.4 Å².